The Morgan fingerprint density at radius 1 is 1.19 bits per heavy atom. The highest BCUT2D eigenvalue weighted by Crippen LogP contribution is 2.38. The van der Waals surface area contributed by atoms with E-state index in [-0.39, 0.29) is 11.9 Å². The zero-order valence-corrected chi connectivity index (χ0v) is 9.61. The van der Waals surface area contributed by atoms with Gasteiger partial charge in [0.25, 0.3) is 0 Å². The molecule has 0 bridgehead atoms. The predicted molar refractivity (Wildman–Crippen MR) is 62.2 cm³/mol. The van der Waals surface area contributed by atoms with Crippen LogP contribution in [0.4, 0.5) is 0 Å². The van der Waals surface area contributed by atoms with Gasteiger partial charge < -0.3 is 14.6 Å². The van der Waals surface area contributed by atoms with Crippen molar-refractivity contribution in [2.45, 2.75) is 38.2 Å². The minimum atomic E-state index is 0.157. The van der Waals surface area contributed by atoms with E-state index in [0.29, 0.717) is 11.5 Å². The van der Waals surface area contributed by atoms with Crippen LogP contribution >= 0.6 is 0 Å². The minimum absolute atomic E-state index is 0.157. The summed E-state index contributed by atoms with van der Waals surface area (Å²) < 4.78 is 11.0. The minimum Gasteiger partial charge on any atom is -0.504 e. The predicted octanol–water partition coefficient (Wildman–Crippen LogP) is 3.11. The van der Waals surface area contributed by atoms with Crippen molar-refractivity contribution >= 4 is 0 Å². The Morgan fingerprint density at radius 3 is 2.62 bits per heavy atom. The Hall–Kier alpha value is -1.38. The van der Waals surface area contributed by atoms with Crippen molar-refractivity contribution in [2.75, 3.05) is 7.11 Å². The van der Waals surface area contributed by atoms with Crippen LogP contribution in [-0.2, 0) is 0 Å². The molecule has 1 fully saturated rings. The summed E-state index contributed by atoms with van der Waals surface area (Å²) in [5, 5.41) is 9.75. The second-order valence-electron chi connectivity index (χ2n) is 4.19. The lowest BCUT2D eigenvalue weighted by Crippen LogP contribution is -2.19. The van der Waals surface area contributed by atoms with Crippen molar-refractivity contribution in [1.82, 2.24) is 0 Å². The molecule has 0 aromatic heterocycles. The zero-order chi connectivity index (χ0) is 11.4. The van der Waals surface area contributed by atoms with Gasteiger partial charge in [-0.3, -0.25) is 0 Å². The summed E-state index contributed by atoms with van der Waals surface area (Å²) in [6.07, 6.45) is 6.06. The molecule has 88 valence electrons. The number of hydrogen-bond donors (Lipinski definition) is 1. The molecule has 0 saturated heterocycles. The van der Waals surface area contributed by atoms with Gasteiger partial charge in [0.1, 0.15) is 0 Å². The van der Waals surface area contributed by atoms with E-state index < -0.39 is 0 Å². The van der Waals surface area contributed by atoms with E-state index in [0.717, 1.165) is 12.8 Å². The first-order chi connectivity index (χ1) is 7.81. The van der Waals surface area contributed by atoms with Gasteiger partial charge >= 0.3 is 0 Å². The van der Waals surface area contributed by atoms with Crippen molar-refractivity contribution in [3.8, 4) is 17.2 Å². The molecule has 1 aromatic rings. The molecule has 3 heteroatoms. The van der Waals surface area contributed by atoms with Crippen LogP contribution in [0.1, 0.15) is 32.1 Å². The lowest BCUT2D eigenvalue weighted by Gasteiger charge is -2.24. The van der Waals surface area contributed by atoms with Crippen LogP contribution in [0.15, 0.2) is 18.2 Å². The van der Waals surface area contributed by atoms with Crippen LogP contribution in [0.2, 0.25) is 0 Å². The molecule has 1 aromatic carbocycles. The van der Waals surface area contributed by atoms with Gasteiger partial charge in [-0.05, 0) is 37.8 Å². The van der Waals surface area contributed by atoms with Crippen LogP contribution in [-0.4, -0.2) is 18.3 Å². The molecule has 0 aliphatic heterocycles. The first kappa shape index (κ1) is 11.1. The van der Waals surface area contributed by atoms with Gasteiger partial charge in [-0.1, -0.05) is 12.5 Å². The van der Waals surface area contributed by atoms with Crippen LogP contribution in [0.25, 0.3) is 0 Å². The number of rotatable bonds is 3. The molecule has 1 aliphatic rings. The highest BCUT2D eigenvalue weighted by Gasteiger charge is 2.18. The number of methoxy groups -OCH3 is 1. The van der Waals surface area contributed by atoms with Crippen molar-refractivity contribution in [3.63, 3.8) is 0 Å². The summed E-state index contributed by atoms with van der Waals surface area (Å²) in [6, 6.07) is 5.18. The van der Waals surface area contributed by atoms with E-state index in [2.05, 4.69) is 0 Å². The molecule has 0 heterocycles. The second-order valence-corrected chi connectivity index (χ2v) is 4.19. The number of phenolic OH excluding ortho intramolecular Hbond substituents is 1. The van der Waals surface area contributed by atoms with Crippen LogP contribution in [0.3, 0.4) is 0 Å². The summed E-state index contributed by atoms with van der Waals surface area (Å²) in [5.41, 5.74) is 0. The first-order valence-corrected chi connectivity index (χ1v) is 5.84. The third-order valence-corrected chi connectivity index (χ3v) is 3.01. The third-order valence-electron chi connectivity index (χ3n) is 3.01. The highest BCUT2D eigenvalue weighted by molar-refractivity contribution is 5.50. The monoisotopic (exact) mass is 222 g/mol. The van der Waals surface area contributed by atoms with E-state index in [1.807, 2.05) is 0 Å². The molecule has 3 nitrogen and oxygen atoms in total. The molecule has 0 amide bonds. The van der Waals surface area contributed by atoms with Gasteiger partial charge in [0, 0.05) is 0 Å². The molecule has 0 radical (unpaired) electrons. The lowest BCUT2D eigenvalue weighted by atomic mass is 9.98. The van der Waals surface area contributed by atoms with E-state index >= 15 is 0 Å². The fraction of sp³-hybridized carbons (Fsp3) is 0.538. The quantitative estimate of drug-likeness (QED) is 0.854. The molecule has 1 aliphatic carbocycles. The smallest absolute Gasteiger partial charge is 0.203 e. The van der Waals surface area contributed by atoms with Gasteiger partial charge in [-0.25, -0.2) is 0 Å². The van der Waals surface area contributed by atoms with E-state index in [4.69, 9.17) is 9.47 Å². The Balaban J connectivity index is 2.12. The van der Waals surface area contributed by atoms with E-state index in [9.17, 15) is 5.11 Å². The molecule has 2 rings (SSSR count). The standard InChI is InChI=1S/C13H18O3/c1-15-12-9-5-8-11(14)13(12)16-10-6-3-2-4-7-10/h5,8-10,14H,2-4,6-7H2,1H3. The largest absolute Gasteiger partial charge is 0.504 e. The Kier molecular flexibility index (Phi) is 3.54. The van der Waals surface area contributed by atoms with Crippen molar-refractivity contribution in [1.29, 1.82) is 0 Å². The molecular formula is C13H18O3. The molecular weight excluding hydrogens is 204 g/mol. The summed E-state index contributed by atoms with van der Waals surface area (Å²) >= 11 is 0. The molecule has 16 heavy (non-hydrogen) atoms. The zero-order valence-electron chi connectivity index (χ0n) is 9.61. The second kappa shape index (κ2) is 5.10. The van der Waals surface area contributed by atoms with Crippen LogP contribution in [0, 0.1) is 0 Å². The molecule has 0 atom stereocenters. The Labute approximate surface area is 96.0 Å². The average Bonchev–Trinajstić information content (AvgIpc) is 2.33. The van der Waals surface area contributed by atoms with Gasteiger partial charge in [0.2, 0.25) is 5.75 Å². The van der Waals surface area contributed by atoms with Gasteiger partial charge in [-0.15, -0.1) is 0 Å². The number of para-hydroxylation sites is 1. The number of aromatic hydroxyl groups is 1. The fourth-order valence-electron chi connectivity index (χ4n) is 2.13. The number of phenols is 1. The van der Waals surface area contributed by atoms with Gasteiger partial charge in [-0.2, -0.15) is 0 Å². The number of benzene rings is 1. The van der Waals surface area contributed by atoms with Crippen LogP contribution in [0.5, 0.6) is 17.2 Å². The first-order valence-electron chi connectivity index (χ1n) is 5.84. The average molecular weight is 222 g/mol. The molecule has 0 unspecified atom stereocenters. The van der Waals surface area contributed by atoms with Crippen molar-refractivity contribution in [2.24, 2.45) is 0 Å². The number of ether oxygens (including phenoxy) is 2. The van der Waals surface area contributed by atoms with Gasteiger partial charge in [0.05, 0.1) is 13.2 Å². The Morgan fingerprint density at radius 2 is 1.94 bits per heavy atom. The highest BCUT2D eigenvalue weighted by atomic mass is 16.5. The Bertz CT molecular complexity index is 343. The normalized spacial score (nSPS) is 17.1. The van der Waals surface area contributed by atoms with Crippen LogP contribution < -0.4 is 9.47 Å². The third kappa shape index (κ3) is 2.40. The molecule has 1 N–H and O–H groups in total. The van der Waals surface area contributed by atoms with Crippen molar-refractivity contribution in [3.05, 3.63) is 18.2 Å². The maximum Gasteiger partial charge on any atom is 0.203 e. The topological polar surface area (TPSA) is 38.7 Å². The van der Waals surface area contributed by atoms with E-state index in [1.165, 1.54) is 19.3 Å². The van der Waals surface area contributed by atoms with E-state index in [1.54, 1.807) is 25.3 Å². The van der Waals surface area contributed by atoms with Crippen molar-refractivity contribution < 1.29 is 14.6 Å². The maximum absolute atomic E-state index is 9.75. The molecule has 0 spiro atoms. The maximum atomic E-state index is 9.75. The summed E-state index contributed by atoms with van der Waals surface area (Å²) in [4.78, 5) is 0. The summed E-state index contributed by atoms with van der Waals surface area (Å²) in [7, 11) is 1.59. The molecule has 1 saturated carbocycles. The SMILES string of the molecule is COc1cccc(O)c1OC1CCCCC1. The summed E-state index contributed by atoms with van der Waals surface area (Å²) in [5.74, 6) is 1.24. The summed E-state index contributed by atoms with van der Waals surface area (Å²) in [6.45, 7) is 0. The number of hydrogen-bond acceptors (Lipinski definition) is 3. The van der Waals surface area contributed by atoms with Gasteiger partial charge in [0.15, 0.2) is 11.5 Å². The fourth-order valence-corrected chi connectivity index (χ4v) is 2.13. The lowest BCUT2D eigenvalue weighted by molar-refractivity contribution is 0.144.